The van der Waals surface area contributed by atoms with Crippen molar-refractivity contribution in [1.82, 2.24) is 4.57 Å². The molecule has 116 valence electrons. The molecule has 4 heteroatoms. The van der Waals surface area contributed by atoms with E-state index < -0.39 is 0 Å². The number of rotatable bonds is 3. The Morgan fingerprint density at radius 2 is 1.83 bits per heavy atom. The van der Waals surface area contributed by atoms with E-state index in [1.54, 1.807) is 12.3 Å². The molecule has 0 radical (unpaired) electrons. The van der Waals surface area contributed by atoms with Crippen molar-refractivity contribution in [3.8, 4) is 0 Å². The molecule has 1 heterocycles. The number of fused-ring (bicyclic) bond motifs is 1. The standard InChI is InChI=1S/C19H18N2O2/c1-13-7-8-16(11-14(13)2)20-18(22)12-21-10-9-15-5-3-4-6-17(15)19(21)23/h3-11H,12H2,1-2H3,(H,20,22). The SMILES string of the molecule is Cc1ccc(NC(=O)Cn2ccc3ccccc3c2=O)cc1C. The monoisotopic (exact) mass is 306 g/mol. The Morgan fingerprint density at radius 3 is 2.61 bits per heavy atom. The highest BCUT2D eigenvalue weighted by Gasteiger charge is 2.08. The summed E-state index contributed by atoms with van der Waals surface area (Å²) in [5.41, 5.74) is 2.88. The molecule has 0 aliphatic rings. The van der Waals surface area contributed by atoms with Crippen molar-refractivity contribution in [2.45, 2.75) is 20.4 Å². The fourth-order valence-corrected chi connectivity index (χ4v) is 2.53. The third-order valence-electron chi connectivity index (χ3n) is 3.99. The van der Waals surface area contributed by atoms with Crippen LogP contribution in [-0.2, 0) is 11.3 Å². The molecule has 0 saturated heterocycles. The Labute approximate surface area is 134 Å². The van der Waals surface area contributed by atoms with Gasteiger partial charge in [-0.15, -0.1) is 0 Å². The van der Waals surface area contributed by atoms with Gasteiger partial charge in [0, 0.05) is 17.3 Å². The summed E-state index contributed by atoms with van der Waals surface area (Å²) in [6.45, 7) is 4.02. The molecular formula is C19H18N2O2. The largest absolute Gasteiger partial charge is 0.325 e. The molecular weight excluding hydrogens is 288 g/mol. The van der Waals surface area contributed by atoms with Gasteiger partial charge in [0.2, 0.25) is 5.91 Å². The summed E-state index contributed by atoms with van der Waals surface area (Å²) in [5.74, 6) is -0.217. The lowest BCUT2D eigenvalue weighted by atomic mass is 10.1. The molecule has 0 unspecified atom stereocenters. The second-order valence-corrected chi connectivity index (χ2v) is 5.68. The van der Waals surface area contributed by atoms with Crippen LogP contribution in [0.25, 0.3) is 10.8 Å². The van der Waals surface area contributed by atoms with Crippen molar-refractivity contribution in [2.75, 3.05) is 5.32 Å². The molecule has 23 heavy (non-hydrogen) atoms. The first-order chi connectivity index (χ1) is 11.0. The second-order valence-electron chi connectivity index (χ2n) is 5.68. The minimum atomic E-state index is -0.217. The third-order valence-corrected chi connectivity index (χ3v) is 3.99. The maximum absolute atomic E-state index is 12.4. The summed E-state index contributed by atoms with van der Waals surface area (Å²) < 4.78 is 1.43. The van der Waals surface area contributed by atoms with Gasteiger partial charge in [0.1, 0.15) is 6.54 Å². The smallest absolute Gasteiger partial charge is 0.258 e. The van der Waals surface area contributed by atoms with E-state index in [0.29, 0.717) is 5.39 Å². The molecule has 3 aromatic rings. The lowest BCUT2D eigenvalue weighted by molar-refractivity contribution is -0.116. The minimum absolute atomic E-state index is 0.00338. The molecule has 2 aromatic carbocycles. The lowest BCUT2D eigenvalue weighted by Gasteiger charge is -2.10. The van der Waals surface area contributed by atoms with Gasteiger partial charge in [0.15, 0.2) is 0 Å². The first kappa shape index (κ1) is 15.0. The van der Waals surface area contributed by atoms with Crippen molar-refractivity contribution in [1.29, 1.82) is 0 Å². The van der Waals surface area contributed by atoms with Crippen molar-refractivity contribution in [2.24, 2.45) is 0 Å². The Kier molecular flexibility index (Phi) is 3.98. The Hall–Kier alpha value is -2.88. The predicted molar refractivity (Wildman–Crippen MR) is 92.8 cm³/mol. The van der Waals surface area contributed by atoms with E-state index in [1.165, 1.54) is 10.1 Å². The van der Waals surface area contributed by atoms with Crippen LogP contribution in [0.15, 0.2) is 59.5 Å². The summed E-state index contributed by atoms with van der Waals surface area (Å²) in [6, 6.07) is 15.0. The van der Waals surface area contributed by atoms with Crippen LogP contribution in [0.1, 0.15) is 11.1 Å². The van der Waals surface area contributed by atoms with Crippen LogP contribution in [-0.4, -0.2) is 10.5 Å². The third kappa shape index (κ3) is 3.16. The molecule has 0 fully saturated rings. The molecule has 0 spiro atoms. The number of carbonyl (C=O) groups is 1. The predicted octanol–water partition coefficient (Wildman–Crippen LogP) is 3.26. The van der Waals surface area contributed by atoms with Gasteiger partial charge in [-0.25, -0.2) is 0 Å². The molecule has 1 N–H and O–H groups in total. The quantitative estimate of drug-likeness (QED) is 0.807. The highest BCUT2D eigenvalue weighted by molar-refractivity contribution is 5.91. The number of aryl methyl sites for hydroxylation is 2. The van der Waals surface area contributed by atoms with Crippen molar-refractivity contribution in [3.63, 3.8) is 0 Å². The van der Waals surface area contributed by atoms with E-state index in [0.717, 1.165) is 16.6 Å². The molecule has 0 aliphatic carbocycles. The maximum atomic E-state index is 12.4. The zero-order chi connectivity index (χ0) is 16.4. The van der Waals surface area contributed by atoms with E-state index in [-0.39, 0.29) is 18.0 Å². The lowest BCUT2D eigenvalue weighted by Crippen LogP contribution is -2.27. The van der Waals surface area contributed by atoms with Crippen LogP contribution in [0, 0.1) is 13.8 Å². The van der Waals surface area contributed by atoms with Gasteiger partial charge >= 0.3 is 0 Å². The molecule has 0 atom stereocenters. The van der Waals surface area contributed by atoms with Gasteiger partial charge in [-0.05, 0) is 54.6 Å². The summed E-state index contributed by atoms with van der Waals surface area (Å²) in [7, 11) is 0. The number of aromatic nitrogens is 1. The van der Waals surface area contributed by atoms with Gasteiger partial charge in [-0.3, -0.25) is 9.59 Å². The first-order valence-electron chi connectivity index (χ1n) is 7.50. The molecule has 3 rings (SSSR count). The zero-order valence-electron chi connectivity index (χ0n) is 13.2. The van der Waals surface area contributed by atoms with Crippen molar-refractivity contribution >= 4 is 22.4 Å². The highest BCUT2D eigenvalue weighted by Crippen LogP contribution is 2.14. The first-order valence-corrected chi connectivity index (χ1v) is 7.50. The van der Waals surface area contributed by atoms with Crippen LogP contribution in [0.2, 0.25) is 0 Å². The topological polar surface area (TPSA) is 51.1 Å². The van der Waals surface area contributed by atoms with E-state index in [2.05, 4.69) is 5.32 Å². The van der Waals surface area contributed by atoms with Gasteiger partial charge in [-0.1, -0.05) is 24.3 Å². The van der Waals surface area contributed by atoms with Crippen molar-refractivity contribution in [3.05, 3.63) is 76.2 Å². The van der Waals surface area contributed by atoms with Crippen molar-refractivity contribution < 1.29 is 4.79 Å². The Morgan fingerprint density at radius 1 is 1.04 bits per heavy atom. The molecule has 4 nitrogen and oxygen atoms in total. The molecule has 0 bridgehead atoms. The minimum Gasteiger partial charge on any atom is -0.325 e. The number of carbonyl (C=O) groups excluding carboxylic acids is 1. The number of amides is 1. The van der Waals surface area contributed by atoms with Crippen LogP contribution in [0.5, 0.6) is 0 Å². The van der Waals surface area contributed by atoms with Gasteiger partial charge in [0.05, 0.1) is 0 Å². The summed E-state index contributed by atoms with van der Waals surface area (Å²) in [6.07, 6.45) is 1.66. The van der Waals surface area contributed by atoms with E-state index in [1.807, 2.05) is 56.3 Å². The number of anilines is 1. The number of nitrogens with zero attached hydrogens (tertiary/aromatic N) is 1. The van der Waals surface area contributed by atoms with Crippen LogP contribution in [0.3, 0.4) is 0 Å². The number of pyridine rings is 1. The fourth-order valence-electron chi connectivity index (χ4n) is 2.53. The van der Waals surface area contributed by atoms with E-state index in [4.69, 9.17) is 0 Å². The highest BCUT2D eigenvalue weighted by atomic mass is 16.2. The van der Waals surface area contributed by atoms with E-state index >= 15 is 0 Å². The van der Waals surface area contributed by atoms with E-state index in [9.17, 15) is 9.59 Å². The number of hydrogen-bond acceptors (Lipinski definition) is 2. The number of nitrogens with one attached hydrogen (secondary N) is 1. The Balaban J connectivity index is 1.81. The normalized spacial score (nSPS) is 10.7. The number of benzene rings is 2. The average Bonchev–Trinajstić information content (AvgIpc) is 2.54. The molecule has 1 aromatic heterocycles. The molecule has 1 amide bonds. The van der Waals surface area contributed by atoms with Gasteiger partial charge < -0.3 is 9.88 Å². The summed E-state index contributed by atoms with van der Waals surface area (Å²) in [5, 5.41) is 4.33. The Bertz CT molecular complexity index is 941. The maximum Gasteiger partial charge on any atom is 0.258 e. The van der Waals surface area contributed by atoms with Crippen LogP contribution >= 0.6 is 0 Å². The number of hydrogen-bond donors (Lipinski definition) is 1. The summed E-state index contributed by atoms with van der Waals surface area (Å²) >= 11 is 0. The van der Waals surface area contributed by atoms with Crippen LogP contribution in [0.4, 0.5) is 5.69 Å². The van der Waals surface area contributed by atoms with Gasteiger partial charge in [-0.2, -0.15) is 0 Å². The zero-order valence-corrected chi connectivity index (χ0v) is 13.2. The second kappa shape index (κ2) is 6.08. The van der Waals surface area contributed by atoms with Gasteiger partial charge in [0.25, 0.3) is 5.56 Å². The summed E-state index contributed by atoms with van der Waals surface area (Å²) in [4.78, 5) is 24.6. The fraction of sp³-hybridized carbons (Fsp3) is 0.158. The van der Waals surface area contributed by atoms with Crippen LogP contribution < -0.4 is 10.9 Å². The molecule has 0 saturated carbocycles. The molecule has 0 aliphatic heterocycles. The average molecular weight is 306 g/mol.